The highest BCUT2D eigenvalue weighted by Crippen LogP contribution is 2.15. The fourth-order valence-electron chi connectivity index (χ4n) is 1.77. The highest BCUT2D eigenvalue weighted by Gasteiger charge is 2.17. The average Bonchev–Trinajstić information content (AvgIpc) is 3.02. The summed E-state index contributed by atoms with van der Waals surface area (Å²) in [5.41, 5.74) is 7.00. The van der Waals surface area contributed by atoms with Gasteiger partial charge in [-0.2, -0.15) is 0 Å². The molecule has 6 nitrogen and oxygen atoms in total. The van der Waals surface area contributed by atoms with E-state index in [4.69, 9.17) is 10.2 Å². The summed E-state index contributed by atoms with van der Waals surface area (Å²) in [6, 6.07) is 9.45. The first-order valence-corrected chi connectivity index (χ1v) is 6.98. The molecule has 1 aromatic carbocycles. The lowest BCUT2D eigenvalue weighted by Crippen LogP contribution is -2.39. The zero-order chi connectivity index (χ0) is 16.1. The van der Waals surface area contributed by atoms with Crippen molar-refractivity contribution in [2.75, 3.05) is 10.6 Å². The molecular formula is C16H19N3O3. The van der Waals surface area contributed by atoms with Gasteiger partial charge in [-0.25, -0.2) is 0 Å². The Bertz CT molecular complexity index is 633. The number of carbonyl (C=O) groups excluding carboxylic acids is 2. The molecule has 2 aromatic rings. The number of hydrogen-bond acceptors (Lipinski definition) is 4. The maximum atomic E-state index is 11.9. The number of hydrogen-bond donors (Lipinski definition) is 3. The summed E-state index contributed by atoms with van der Waals surface area (Å²) in [5.74, 6) is -0.266. The topological polar surface area (TPSA) is 97.4 Å². The largest absolute Gasteiger partial charge is 0.459 e. The van der Waals surface area contributed by atoms with Gasteiger partial charge >= 0.3 is 0 Å². The van der Waals surface area contributed by atoms with Crippen LogP contribution in [0, 0.1) is 5.92 Å². The van der Waals surface area contributed by atoms with Crippen LogP contribution in [0.1, 0.15) is 24.4 Å². The summed E-state index contributed by atoms with van der Waals surface area (Å²) in [6.07, 6.45) is 1.44. The van der Waals surface area contributed by atoms with Gasteiger partial charge in [0.1, 0.15) is 0 Å². The van der Waals surface area contributed by atoms with Crippen LogP contribution < -0.4 is 16.4 Å². The van der Waals surface area contributed by atoms with E-state index in [0.717, 1.165) is 0 Å². The second-order valence-electron chi connectivity index (χ2n) is 5.27. The highest BCUT2D eigenvalue weighted by atomic mass is 16.3. The van der Waals surface area contributed by atoms with Crippen LogP contribution in [0.5, 0.6) is 0 Å². The van der Waals surface area contributed by atoms with E-state index in [1.807, 2.05) is 13.8 Å². The molecule has 0 radical (unpaired) electrons. The first-order valence-electron chi connectivity index (χ1n) is 6.98. The Morgan fingerprint density at radius 3 is 2.14 bits per heavy atom. The molecule has 0 aliphatic carbocycles. The third-order valence-electron chi connectivity index (χ3n) is 3.18. The summed E-state index contributed by atoms with van der Waals surface area (Å²) in [6.45, 7) is 3.77. The van der Waals surface area contributed by atoms with Crippen molar-refractivity contribution >= 4 is 23.2 Å². The van der Waals surface area contributed by atoms with Gasteiger partial charge in [-0.3, -0.25) is 9.59 Å². The van der Waals surface area contributed by atoms with E-state index in [1.165, 1.54) is 6.26 Å². The molecule has 4 N–H and O–H groups in total. The standard InChI is InChI=1S/C16H19N3O3/c1-10(2)14(17)16(21)19-12-7-5-11(6-8-12)18-15(20)13-4-3-9-22-13/h3-10,14H,17H2,1-2H3,(H,18,20)(H,19,21)/t14-/m0/s1. The molecule has 1 atom stereocenters. The molecule has 1 heterocycles. The number of rotatable bonds is 5. The second-order valence-corrected chi connectivity index (χ2v) is 5.27. The van der Waals surface area contributed by atoms with Crippen LogP contribution in [-0.2, 0) is 4.79 Å². The van der Waals surface area contributed by atoms with Crippen LogP contribution in [0.25, 0.3) is 0 Å². The predicted molar refractivity (Wildman–Crippen MR) is 84.5 cm³/mol. The molecule has 0 aliphatic heterocycles. The van der Waals surface area contributed by atoms with Gasteiger partial charge < -0.3 is 20.8 Å². The number of nitrogens with two attached hydrogens (primary N) is 1. The van der Waals surface area contributed by atoms with E-state index < -0.39 is 6.04 Å². The van der Waals surface area contributed by atoms with Crippen molar-refractivity contribution in [1.29, 1.82) is 0 Å². The normalized spacial score (nSPS) is 12.0. The Kier molecular flexibility index (Phi) is 4.95. The van der Waals surface area contributed by atoms with Crippen LogP contribution in [0.15, 0.2) is 47.1 Å². The van der Waals surface area contributed by atoms with Gasteiger partial charge in [-0.05, 0) is 42.3 Å². The summed E-state index contributed by atoms with van der Waals surface area (Å²) < 4.78 is 5.01. The Balaban J connectivity index is 1.96. The zero-order valence-electron chi connectivity index (χ0n) is 12.5. The van der Waals surface area contributed by atoms with Crippen LogP contribution in [0.4, 0.5) is 11.4 Å². The predicted octanol–water partition coefficient (Wildman–Crippen LogP) is 2.45. The lowest BCUT2D eigenvalue weighted by Gasteiger charge is -2.15. The van der Waals surface area contributed by atoms with Crippen LogP contribution in [-0.4, -0.2) is 17.9 Å². The number of anilines is 2. The SMILES string of the molecule is CC(C)[C@H](N)C(=O)Nc1ccc(NC(=O)c2ccco2)cc1. The maximum absolute atomic E-state index is 11.9. The van der Waals surface area contributed by atoms with Gasteiger partial charge in [0.15, 0.2) is 5.76 Å². The molecule has 2 rings (SSSR count). The van der Waals surface area contributed by atoms with E-state index in [-0.39, 0.29) is 23.5 Å². The van der Waals surface area contributed by atoms with Crippen molar-refractivity contribution < 1.29 is 14.0 Å². The summed E-state index contributed by atoms with van der Waals surface area (Å²) in [5, 5.41) is 5.43. The van der Waals surface area contributed by atoms with Gasteiger partial charge in [0.05, 0.1) is 12.3 Å². The summed E-state index contributed by atoms with van der Waals surface area (Å²) in [4.78, 5) is 23.7. The van der Waals surface area contributed by atoms with Crippen molar-refractivity contribution in [2.24, 2.45) is 11.7 Å². The Labute approximate surface area is 128 Å². The third-order valence-corrected chi connectivity index (χ3v) is 3.18. The molecule has 22 heavy (non-hydrogen) atoms. The quantitative estimate of drug-likeness (QED) is 0.790. The van der Waals surface area contributed by atoms with Gasteiger partial charge in [0, 0.05) is 11.4 Å². The van der Waals surface area contributed by atoms with Crippen molar-refractivity contribution in [3.63, 3.8) is 0 Å². The minimum absolute atomic E-state index is 0.0619. The molecule has 6 heteroatoms. The van der Waals surface area contributed by atoms with E-state index in [0.29, 0.717) is 11.4 Å². The van der Waals surface area contributed by atoms with Crippen molar-refractivity contribution in [2.45, 2.75) is 19.9 Å². The van der Waals surface area contributed by atoms with E-state index in [2.05, 4.69) is 10.6 Å². The fraction of sp³-hybridized carbons (Fsp3) is 0.250. The van der Waals surface area contributed by atoms with Gasteiger partial charge in [-0.15, -0.1) is 0 Å². The van der Waals surface area contributed by atoms with Crippen molar-refractivity contribution in [1.82, 2.24) is 0 Å². The first-order chi connectivity index (χ1) is 10.5. The molecule has 0 unspecified atom stereocenters. The molecule has 0 bridgehead atoms. The molecule has 116 valence electrons. The number of nitrogens with one attached hydrogen (secondary N) is 2. The monoisotopic (exact) mass is 301 g/mol. The number of benzene rings is 1. The smallest absolute Gasteiger partial charge is 0.291 e. The fourth-order valence-corrected chi connectivity index (χ4v) is 1.77. The second kappa shape index (κ2) is 6.91. The van der Waals surface area contributed by atoms with E-state index in [1.54, 1.807) is 36.4 Å². The molecule has 0 spiro atoms. The molecule has 0 saturated carbocycles. The number of furan rings is 1. The molecule has 0 fully saturated rings. The lowest BCUT2D eigenvalue weighted by atomic mass is 10.0. The Morgan fingerprint density at radius 1 is 1.05 bits per heavy atom. The lowest BCUT2D eigenvalue weighted by molar-refractivity contribution is -0.118. The first kappa shape index (κ1) is 15.8. The molecule has 2 amide bonds. The van der Waals surface area contributed by atoms with Crippen molar-refractivity contribution in [3.05, 3.63) is 48.4 Å². The molecule has 0 saturated heterocycles. The highest BCUT2D eigenvalue weighted by molar-refractivity contribution is 6.02. The van der Waals surface area contributed by atoms with Crippen LogP contribution in [0.3, 0.4) is 0 Å². The van der Waals surface area contributed by atoms with Gasteiger partial charge in [-0.1, -0.05) is 13.8 Å². The van der Waals surface area contributed by atoms with Crippen LogP contribution in [0.2, 0.25) is 0 Å². The average molecular weight is 301 g/mol. The Morgan fingerprint density at radius 2 is 1.64 bits per heavy atom. The minimum atomic E-state index is -0.557. The summed E-state index contributed by atoms with van der Waals surface area (Å²) >= 11 is 0. The molecule has 0 aliphatic rings. The zero-order valence-corrected chi connectivity index (χ0v) is 12.5. The summed E-state index contributed by atoms with van der Waals surface area (Å²) in [7, 11) is 0. The molecule has 1 aromatic heterocycles. The van der Waals surface area contributed by atoms with Gasteiger partial charge in [0.25, 0.3) is 5.91 Å². The minimum Gasteiger partial charge on any atom is -0.459 e. The number of amides is 2. The third kappa shape index (κ3) is 3.95. The maximum Gasteiger partial charge on any atom is 0.291 e. The number of carbonyl (C=O) groups is 2. The van der Waals surface area contributed by atoms with Crippen molar-refractivity contribution in [3.8, 4) is 0 Å². The van der Waals surface area contributed by atoms with Crippen LogP contribution >= 0.6 is 0 Å². The molecular weight excluding hydrogens is 282 g/mol. The van der Waals surface area contributed by atoms with E-state index in [9.17, 15) is 9.59 Å². The Hall–Kier alpha value is -2.60. The van der Waals surface area contributed by atoms with E-state index >= 15 is 0 Å². The van der Waals surface area contributed by atoms with Gasteiger partial charge in [0.2, 0.25) is 5.91 Å².